The summed E-state index contributed by atoms with van der Waals surface area (Å²) in [6.45, 7) is 7.49. The second-order valence-corrected chi connectivity index (χ2v) is 7.18. The van der Waals surface area contributed by atoms with Gasteiger partial charge in [-0.2, -0.15) is 0 Å². The molecular weight excluding hydrogens is 357 g/mol. The zero-order valence-electron chi connectivity index (χ0n) is 14.8. The lowest BCUT2D eigenvalue weighted by atomic mass is 10.1. The van der Waals surface area contributed by atoms with Gasteiger partial charge in [0.25, 0.3) is 5.91 Å². The molecule has 1 saturated heterocycles. The smallest absolute Gasteiger partial charge is 0.255 e. The van der Waals surface area contributed by atoms with Crippen LogP contribution in [0.15, 0.2) is 30.3 Å². The van der Waals surface area contributed by atoms with E-state index in [1.807, 2.05) is 49.1 Å². The molecule has 1 amide bonds. The molecule has 2 aromatic rings. The number of likely N-dealkylation sites (tertiary alicyclic amines) is 1. The van der Waals surface area contributed by atoms with Crippen LogP contribution in [0, 0.1) is 19.8 Å². The Hall–Kier alpha value is -1.49. The molecule has 25 heavy (non-hydrogen) atoms. The molecule has 6 heteroatoms. The Kier molecular flexibility index (Phi) is 6.20. The quantitative estimate of drug-likeness (QED) is 0.873. The van der Waals surface area contributed by atoms with Gasteiger partial charge in [-0.25, -0.2) is 0 Å². The molecule has 2 atom stereocenters. The summed E-state index contributed by atoms with van der Waals surface area (Å²) in [5.74, 6) is 0.500. The maximum atomic E-state index is 13.0. The fraction of sp³-hybridized carbons (Fsp3) is 0.421. The van der Waals surface area contributed by atoms with Gasteiger partial charge in [-0.3, -0.25) is 4.79 Å². The van der Waals surface area contributed by atoms with Gasteiger partial charge in [0, 0.05) is 34.7 Å². The first-order valence-electron chi connectivity index (χ1n) is 8.38. The number of benzene rings is 1. The van der Waals surface area contributed by atoms with Crippen LogP contribution in [0.4, 0.5) is 0 Å². The first kappa shape index (κ1) is 19.8. The summed E-state index contributed by atoms with van der Waals surface area (Å²) in [4.78, 5) is 15.0. The van der Waals surface area contributed by atoms with Crippen molar-refractivity contribution in [3.8, 4) is 5.69 Å². The van der Waals surface area contributed by atoms with E-state index in [1.54, 1.807) is 0 Å². The molecule has 136 valence electrons. The average Bonchev–Trinajstić information content (AvgIpc) is 3.06. The lowest BCUT2D eigenvalue weighted by Gasteiger charge is -2.21. The normalized spacial score (nSPS) is 19.8. The van der Waals surface area contributed by atoms with Crippen LogP contribution < -0.4 is 5.73 Å². The van der Waals surface area contributed by atoms with E-state index < -0.39 is 0 Å². The summed E-state index contributed by atoms with van der Waals surface area (Å²) in [6.07, 6.45) is 0.981. The number of hydrogen-bond acceptors (Lipinski definition) is 2. The lowest BCUT2D eigenvalue weighted by Crippen LogP contribution is -2.34. The SMILES string of the molecule is Cc1cc(C(=O)N2CC(CN)CC2C)c(C)n1-c1cccc(Cl)c1.Cl. The van der Waals surface area contributed by atoms with Crippen molar-refractivity contribution in [3.05, 3.63) is 52.3 Å². The maximum Gasteiger partial charge on any atom is 0.255 e. The Morgan fingerprint density at radius 1 is 1.32 bits per heavy atom. The van der Waals surface area contributed by atoms with Crippen LogP contribution in [0.25, 0.3) is 5.69 Å². The third-order valence-electron chi connectivity index (χ3n) is 4.98. The molecule has 3 rings (SSSR count). The van der Waals surface area contributed by atoms with Gasteiger partial charge < -0.3 is 15.2 Å². The molecule has 0 spiro atoms. The molecule has 0 bridgehead atoms. The summed E-state index contributed by atoms with van der Waals surface area (Å²) < 4.78 is 2.08. The zero-order chi connectivity index (χ0) is 17.4. The fourth-order valence-electron chi connectivity index (χ4n) is 3.74. The maximum absolute atomic E-state index is 13.0. The summed E-state index contributed by atoms with van der Waals surface area (Å²) >= 11 is 6.12. The van der Waals surface area contributed by atoms with Gasteiger partial charge in [0.1, 0.15) is 0 Å². The van der Waals surface area contributed by atoms with Gasteiger partial charge >= 0.3 is 0 Å². The second kappa shape index (κ2) is 7.81. The lowest BCUT2D eigenvalue weighted by molar-refractivity contribution is 0.0742. The predicted octanol–water partition coefficient (Wildman–Crippen LogP) is 3.98. The van der Waals surface area contributed by atoms with Crippen molar-refractivity contribution in [2.24, 2.45) is 11.7 Å². The number of aryl methyl sites for hydroxylation is 1. The number of nitrogens with zero attached hydrogens (tertiary/aromatic N) is 2. The van der Waals surface area contributed by atoms with Gasteiger partial charge in [-0.05, 0) is 63.9 Å². The van der Waals surface area contributed by atoms with Crippen molar-refractivity contribution < 1.29 is 4.79 Å². The van der Waals surface area contributed by atoms with Crippen LogP contribution in [0.5, 0.6) is 0 Å². The Balaban J connectivity index is 0.00000225. The van der Waals surface area contributed by atoms with E-state index in [0.29, 0.717) is 17.5 Å². The molecule has 2 heterocycles. The Labute approximate surface area is 160 Å². The van der Waals surface area contributed by atoms with Gasteiger partial charge in [0.2, 0.25) is 0 Å². The predicted molar refractivity (Wildman–Crippen MR) is 105 cm³/mol. The van der Waals surface area contributed by atoms with Crippen LogP contribution in [-0.2, 0) is 0 Å². The van der Waals surface area contributed by atoms with E-state index >= 15 is 0 Å². The minimum Gasteiger partial charge on any atom is -0.336 e. The summed E-state index contributed by atoms with van der Waals surface area (Å²) in [6, 6.07) is 9.90. The van der Waals surface area contributed by atoms with E-state index in [2.05, 4.69) is 11.5 Å². The second-order valence-electron chi connectivity index (χ2n) is 6.74. The van der Waals surface area contributed by atoms with Crippen molar-refractivity contribution in [1.82, 2.24) is 9.47 Å². The highest BCUT2D eigenvalue weighted by atomic mass is 35.5. The molecule has 2 N–H and O–H groups in total. The fourth-order valence-corrected chi connectivity index (χ4v) is 3.93. The minimum atomic E-state index is 0. The van der Waals surface area contributed by atoms with Crippen molar-refractivity contribution in [2.45, 2.75) is 33.2 Å². The molecule has 1 aliphatic rings. The topological polar surface area (TPSA) is 51.3 Å². The van der Waals surface area contributed by atoms with Gasteiger partial charge in [0.05, 0.1) is 5.56 Å². The van der Waals surface area contributed by atoms with Gasteiger partial charge in [-0.15, -0.1) is 12.4 Å². The molecule has 1 fully saturated rings. The zero-order valence-corrected chi connectivity index (χ0v) is 16.4. The molecule has 0 aliphatic carbocycles. The molecule has 2 unspecified atom stereocenters. The van der Waals surface area contributed by atoms with Crippen LogP contribution in [-0.4, -0.2) is 34.5 Å². The third kappa shape index (κ3) is 3.71. The Morgan fingerprint density at radius 3 is 2.64 bits per heavy atom. The standard InChI is InChI=1S/C19H24ClN3O.ClH/c1-12-7-15(10-21)11-22(12)19(24)18-8-13(2)23(14(18)3)17-6-4-5-16(20)9-17;/h4-6,8-9,12,15H,7,10-11,21H2,1-3H3;1H. The number of amides is 1. The summed E-state index contributed by atoms with van der Waals surface area (Å²) in [7, 11) is 0. The Bertz CT molecular complexity index is 772. The third-order valence-corrected chi connectivity index (χ3v) is 5.22. The Morgan fingerprint density at radius 2 is 2.04 bits per heavy atom. The van der Waals surface area contributed by atoms with E-state index in [0.717, 1.165) is 35.6 Å². The van der Waals surface area contributed by atoms with E-state index in [-0.39, 0.29) is 24.4 Å². The number of carbonyl (C=O) groups is 1. The van der Waals surface area contributed by atoms with E-state index in [1.165, 1.54) is 0 Å². The largest absolute Gasteiger partial charge is 0.336 e. The highest BCUT2D eigenvalue weighted by Crippen LogP contribution is 2.28. The molecule has 0 saturated carbocycles. The summed E-state index contributed by atoms with van der Waals surface area (Å²) in [5, 5.41) is 0.687. The first-order chi connectivity index (χ1) is 11.4. The number of hydrogen-bond donors (Lipinski definition) is 1. The van der Waals surface area contributed by atoms with Crippen LogP contribution in [0.3, 0.4) is 0 Å². The van der Waals surface area contributed by atoms with Crippen molar-refractivity contribution in [2.75, 3.05) is 13.1 Å². The minimum absolute atomic E-state index is 0. The van der Waals surface area contributed by atoms with E-state index in [4.69, 9.17) is 17.3 Å². The van der Waals surface area contributed by atoms with Gasteiger partial charge in [0.15, 0.2) is 0 Å². The van der Waals surface area contributed by atoms with Crippen molar-refractivity contribution >= 4 is 29.9 Å². The number of nitrogens with two attached hydrogens (primary N) is 1. The highest BCUT2D eigenvalue weighted by Gasteiger charge is 2.33. The van der Waals surface area contributed by atoms with Crippen molar-refractivity contribution in [1.29, 1.82) is 0 Å². The average molecular weight is 382 g/mol. The highest BCUT2D eigenvalue weighted by molar-refractivity contribution is 6.30. The number of rotatable bonds is 3. The molecule has 4 nitrogen and oxygen atoms in total. The molecule has 1 aromatic carbocycles. The summed E-state index contributed by atoms with van der Waals surface area (Å²) in [5.41, 5.74) is 9.51. The van der Waals surface area contributed by atoms with Crippen LogP contribution in [0.2, 0.25) is 5.02 Å². The molecule has 1 aromatic heterocycles. The molecular formula is C19H25Cl2N3O. The number of aromatic nitrogens is 1. The first-order valence-corrected chi connectivity index (χ1v) is 8.76. The monoisotopic (exact) mass is 381 g/mol. The van der Waals surface area contributed by atoms with Crippen molar-refractivity contribution in [3.63, 3.8) is 0 Å². The van der Waals surface area contributed by atoms with Crippen LogP contribution in [0.1, 0.15) is 35.1 Å². The number of carbonyl (C=O) groups excluding carboxylic acids is 1. The van der Waals surface area contributed by atoms with E-state index in [9.17, 15) is 4.79 Å². The van der Waals surface area contributed by atoms with Crippen LogP contribution >= 0.6 is 24.0 Å². The number of halogens is 2. The molecule has 1 aliphatic heterocycles. The van der Waals surface area contributed by atoms with Gasteiger partial charge in [-0.1, -0.05) is 17.7 Å². The molecule has 0 radical (unpaired) electrons.